The van der Waals surface area contributed by atoms with Crippen LogP contribution in [0.1, 0.15) is 29.5 Å². The van der Waals surface area contributed by atoms with Crippen molar-refractivity contribution < 1.29 is 13.2 Å². The van der Waals surface area contributed by atoms with Crippen LogP contribution in [0.5, 0.6) is 0 Å². The molecule has 1 saturated heterocycles. The van der Waals surface area contributed by atoms with Crippen LogP contribution < -0.4 is 5.32 Å². The summed E-state index contributed by atoms with van der Waals surface area (Å²) >= 11 is 0. The Balaban J connectivity index is 1.43. The number of morpholine rings is 1. The lowest BCUT2D eigenvalue weighted by molar-refractivity contribution is 0.0730. The van der Waals surface area contributed by atoms with Crippen molar-refractivity contribution in [2.45, 2.75) is 23.3 Å². The molecule has 0 bridgehead atoms. The predicted molar refractivity (Wildman–Crippen MR) is 109 cm³/mol. The second-order valence-electron chi connectivity index (χ2n) is 7.65. The Morgan fingerprint density at radius 1 is 1.00 bits per heavy atom. The lowest BCUT2D eigenvalue weighted by atomic mass is 9.77. The number of anilines is 1. The van der Waals surface area contributed by atoms with E-state index in [-0.39, 0.29) is 6.04 Å². The van der Waals surface area contributed by atoms with Crippen LogP contribution in [0.15, 0.2) is 65.6 Å². The second-order valence-corrected chi connectivity index (χ2v) is 9.59. The molecular formula is C22H24N2O3S. The van der Waals surface area contributed by atoms with E-state index in [4.69, 9.17) is 4.74 Å². The Morgan fingerprint density at radius 3 is 2.54 bits per heavy atom. The summed E-state index contributed by atoms with van der Waals surface area (Å²) < 4.78 is 32.5. The van der Waals surface area contributed by atoms with Crippen LogP contribution in [-0.2, 0) is 14.8 Å². The van der Waals surface area contributed by atoms with Crippen LogP contribution in [-0.4, -0.2) is 39.0 Å². The van der Waals surface area contributed by atoms with Gasteiger partial charge in [0.05, 0.1) is 24.2 Å². The van der Waals surface area contributed by atoms with Crippen molar-refractivity contribution in [1.82, 2.24) is 4.31 Å². The summed E-state index contributed by atoms with van der Waals surface area (Å²) in [5.41, 5.74) is 3.66. The summed E-state index contributed by atoms with van der Waals surface area (Å²) in [5, 5.41) is 3.69. The monoisotopic (exact) mass is 396 g/mol. The summed E-state index contributed by atoms with van der Waals surface area (Å²) in [6.45, 7) is 1.75. The Labute approximate surface area is 166 Å². The van der Waals surface area contributed by atoms with E-state index in [1.165, 1.54) is 15.6 Å². The Kier molecular flexibility index (Phi) is 4.50. The zero-order valence-electron chi connectivity index (χ0n) is 15.6. The van der Waals surface area contributed by atoms with Crippen LogP contribution in [0.4, 0.5) is 5.69 Å². The molecule has 3 aliphatic rings. The number of fused-ring (bicyclic) bond motifs is 3. The maximum atomic E-state index is 12.9. The van der Waals surface area contributed by atoms with Crippen LogP contribution in [0.3, 0.4) is 0 Å². The number of benzene rings is 2. The molecule has 2 heterocycles. The first-order valence-electron chi connectivity index (χ1n) is 9.84. The molecular weight excluding hydrogens is 372 g/mol. The van der Waals surface area contributed by atoms with E-state index in [0.29, 0.717) is 43.0 Å². The van der Waals surface area contributed by atoms with Crippen molar-refractivity contribution in [2.24, 2.45) is 5.92 Å². The van der Waals surface area contributed by atoms with Crippen LogP contribution in [0.2, 0.25) is 0 Å². The van der Waals surface area contributed by atoms with E-state index in [1.54, 1.807) is 12.1 Å². The fraction of sp³-hybridized carbons (Fsp3) is 0.364. The summed E-state index contributed by atoms with van der Waals surface area (Å²) in [6, 6.07) is 16.1. The van der Waals surface area contributed by atoms with Crippen molar-refractivity contribution in [3.05, 3.63) is 71.8 Å². The molecule has 0 spiro atoms. The van der Waals surface area contributed by atoms with E-state index >= 15 is 0 Å². The van der Waals surface area contributed by atoms with E-state index in [9.17, 15) is 8.42 Å². The number of rotatable bonds is 3. The predicted octanol–water partition coefficient (Wildman–Crippen LogP) is 3.53. The highest BCUT2D eigenvalue weighted by atomic mass is 32.2. The molecule has 1 aliphatic carbocycles. The van der Waals surface area contributed by atoms with Gasteiger partial charge in [0.25, 0.3) is 0 Å². The molecule has 1 N–H and O–H groups in total. The molecule has 0 amide bonds. The topological polar surface area (TPSA) is 58.6 Å². The van der Waals surface area contributed by atoms with Crippen LogP contribution >= 0.6 is 0 Å². The fourth-order valence-corrected chi connectivity index (χ4v) is 6.06. The molecule has 0 unspecified atom stereocenters. The normalized spacial score (nSPS) is 27.1. The quantitative estimate of drug-likeness (QED) is 0.807. The van der Waals surface area contributed by atoms with Crippen molar-refractivity contribution in [3.8, 4) is 0 Å². The summed E-state index contributed by atoms with van der Waals surface area (Å²) in [4.78, 5) is 0.357. The van der Waals surface area contributed by atoms with Gasteiger partial charge >= 0.3 is 0 Å². The molecule has 0 radical (unpaired) electrons. The van der Waals surface area contributed by atoms with Gasteiger partial charge in [0.2, 0.25) is 10.0 Å². The first kappa shape index (κ1) is 17.9. The Bertz CT molecular complexity index is 995. The number of hydrogen-bond donors (Lipinski definition) is 1. The highest BCUT2D eigenvalue weighted by Gasteiger charge is 2.37. The minimum absolute atomic E-state index is 0.176. The maximum absolute atomic E-state index is 12.9. The number of allylic oxidation sites excluding steroid dienone is 2. The zero-order chi connectivity index (χ0) is 19.1. The first-order chi connectivity index (χ1) is 13.6. The highest BCUT2D eigenvalue weighted by Crippen LogP contribution is 2.49. The average Bonchev–Trinajstić information content (AvgIpc) is 3.24. The molecule has 5 nitrogen and oxygen atoms in total. The van der Waals surface area contributed by atoms with Crippen LogP contribution in [0, 0.1) is 5.92 Å². The summed E-state index contributed by atoms with van der Waals surface area (Å²) in [5.74, 6) is 0.871. The zero-order valence-corrected chi connectivity index (χ0v) is 16.4. The number of sulfonamides is 1. The minimum atomic E-state index is -3.46. The molecule has 1 fully saturated rings. The summed E-state index contributed by atoms with van der Waals surface area (Å²) in [6.07, 6.45) is 5.61. The van der Waals surface area contributed by atoms with Crippen molar-refractivity contribution in [3.63, 3.8) is 0 Å². The van der Waals surface area contributed by atoms with E-state index in [2.05, 4.69) is 41.7 Å². The van der Waals surface area contributed by atoms with Gasteiger partial charge in [-0.3, -0.25) is 0 Å². The van der Waals surface area contributed by atoms with Gasteiger partial charge in [0.15, 0.2) is 0 Å². The van der Waals surface area contributed by atoms with Gasteiger partial charge in [-0.2, -0.15) is 4.31 Å². The van der Waals surface area contributed by atoms with Gasteiger partial charge in [-0.15, -0.1) is 0 Å². The third-order valence-corrected chi connectivity index (χ3v) is 8.03. The molecule has 5 rings (SSSR count). The van der Waals surface area contributed by atoms with E-state index < -0.39 is 10.0 Å². The number of para-hydroxylation sites is 1. The standard InChI is InChI=1S/C22H24N2O3S/c25-28(26,24-12-14-27-15-13-24)17-10-8-16(9-11-17)22-20-6-3-5-18(20)19-4-1-2-7-21(19)23-22/h1-5,7-11,18,20,22-23H,6,12-15H2/t18-,20-,22-/m1/s1. The molecule has 2 aliphatic heterocycles. The van der Waals surface area contributed by atoms with Crippen molar-refractivity contribution >= 4 is 15.7 Å². The molecule has 0 saturated carbocycles. The largest absolute Gasteiger partial charge is 0.379 e. The van der Waals surface area contributed by atoms with Gasteiger partial charge in [-0.25, -0.2) is 8.42 Å². The number of ether oxygens (including phenoxy) is 1. The lowest BCUT2D eigenvalue weighted by Crippen LogP contribution is -2.40. The third kappa shape index (κ3) is 2.96. The van der Waals surface area contributed by atoms with Gasteiger partial charge in [-0.1, -0.05) is 42.5 Å². The lowest BCUT2D eigenvalue weighted by Gasteiger charge is -2.37. The first-order valence-corrected chi connectivity index (χ1v) is 11.3. The average molecular weight is 397 g/mol. The highest BCUT2D eigenvalue weighted by molar-refractivity contribution is 7.89. The van der Waals surface area contributed by atoms with Gasteiger partial charge in [0.1, 0.15) is 0 Å². The minimum Gasteiger partial charge on any atom is -0.379 e. The second kappa shape index (κ2) is 7.03. The SMILES string of the molecule is O=S(=O)(c1ccc([C@H]2Nc3ccccc3[C@H]3C=CC[C@H]32)cc1)N1CCOCC1. The van der Waals surface area contributed by atoms with Crippen LogP contribution in [0.25, 0.3) is 0 Å². The number of nitrogens with one attached hydrogen (secondary N) is 1. The molecule has 6 heteroatoms. The molecule has 2 aromatic carbocycles. The Morgan fingerprint density at radius 2 is 1.75 bits per heavy atom. The number of hydrogen-bond acceptors (Lipinski definition) is 4. The molecule has 146 valence electrons. The van der Waals surface area contributed by atoms with Crippen molar-refractivity contribution in [2.75, 3.05) is 31.6 Å². The van der Waals surface area contributed by atoms with E-state index in [1.807, 2.05) is 12.1 Å². The molecule has 3 atom stereocenters. The molecule has 0 aromatic heterocycles. The smallest absolute Gasteiger partial charge is 0.243 e. The fourth-order valence-electron chi connectivity index (χ4n) is 4.66. The van der Waals surface area contributed by atoms with Gasteiger partial charge in [-0.05, 0) is 41.7 Å². The maximum Gasteiger partial charge on any atom is 0.243 e. The Hall–Kier alpha value is -2.15. The molecule has 2 aromatic rings. The van der Waals surface area contributed by atoms with E-state index in [0.717, 1.165) is 12.0 Å². The number of nitrogens with zero attached hydrogens (tertiary/aromatic N) is 1. The summed E-state index contributed by atoms with van der Waals surface area (Å²) in [7, 11) is -3.46. The van der Waals surface area contributed by atoms with Crippen molar-refractivity contribution in [1.29, 1.82) is 0 Å². The third-order valence-electron chi connectivity index (χ3n) is 6.12. The van der Waals surface area contributed by atoms with Gasteiger partial charge in [0, 0.05) is 24.7 Å². The molecule has 28 heavy (non-hydrogen) atoms. The van der Waals surface area contributed by atoms with Gasteiger partial charge < -0.3 is 10.1 Å².